The molecule has 0 amide bonds. The molecule has 0 saturated heterocycles. The molecule has 0 unspecified atom stereocenters. The fourth-order valence-corrected chi connectivity index (χ4v) is 1.24. The van der Waals surface area contributed by atoms with Crippen molar-refractivity contribution in [2.24, 2.45) is 0 Å². The van der Waals surface area contributed by atoms with E-state index in [0.717, 1.165) is 21.1 Å². The van der Waals surface area contributed by atoms with Crippen LogP contribution < -0.4 is 0 Å². The Morgan fingerprint density at radius 2 is 1.90 bits per heavy atom. The predicted molar refractivity (Wildman–Crippen MR) is 47.2 cm³/mol. The number of hydrogen-bond acceptors (Lipinski definition) is 1. The van der Waals surface area contributed by atoms with E-state index in [-0.39, 0.29) is 0 Å². The molecule has 0 aliphatic heterocycles. The number of hydrogen-bond donors (Lipinski definition) is 1. The summed E-state index contributed by atoms with van der Waals surface area (Å²) >= 11 is 6.62. The van der Waals surface area contributed by atoms with E-state index >= 15 is 0 Å². The van der Waals surface area contributed by atoms with Crippen LogP contribution in [-0.2, 0) is 0 Å². The predicted octanol–water partition coefficient (Wildman–Crippen LogP) is 3.09. The summed E-state index contributed by atoms with van der Waals surface area (Å²) < 4.78 is 1.92. The minimum Gasteiger partial charge on any atom is -0.385 e. The van der Waals surface area contributed by atoms with Crippen molar-refractivity contribution in [2.45, 2.75) is 0 Å². The van der Waals surface area contributed by atoms with Crippen LogP contribution in [0.15, 0.2) is 27.1 Å². The Balaban J connectivity index is 3.04. The van der Waals surface area contributed by atoms with Gasteiger partial charge in [0.2, 0.25) is 0 Å². The molecule has 0 aliphatic carbocycles. The fraction of sp³-hybridized carbons (Fsp3) is 0. The first-order chi connectivity index (χ1) is 4.74. The first-order valence-corrected chi connectivity index (χ1v) is 4.25. The summed E-state index contributed by atoms with van der Waals surface area (Å²) in [5, 5.41) is 8.59. The van der Waals surface area contributed by atoms with Crippen molar-refractivity contribution in [1.29, 1.82) is 0 Å². The molecule has 1 aromatic rings. The Morgan fingerprint density at radius 1 is 1.20 bits per heavy atom. The number of aliphatic hydroxyl groups is 1. The van der Waals surface area contributed by atoms with Gasteiger partial charge < -0.3 is 5.11 Å². The van der Waals surface area contributed by atoms with Gasteiger partial charge >= 0.3 is 0 Å². The molecule has 0 fully saturated rings. The molecule has 0 heterocycles. The topological polar surface area (TPSA) is 20.2 Å². The Hall–Kier alpha value is 0.140. The van der Waals surface area contributed by atoms with Crippen LogP contribution in [0, 0.1) is 6.61 Å². The number of benzene rings is 1. The van der Waals surface area contributed by atoms with Crippen LogP contribution in [0.5, 0.6) is 0 Å². The van der Waals surface area contributed by atoms with Gasteiger partial charge in [-0.2, -0.15) is 0 Å². The molecule has 3 heteroatoms. The van der Waals surface area contributed by atoms with E-state index < -0.39 is 0 Å². The standard InChI is InChI=1S/C7H5Br2O/c8-6-2-1-5(4-10)3-7(6)9/h1-4,10H. The quantitative estimate of drug-likeness (QED) is 0.827. The van der Waals surface area contributed by atoms with Crippen molar-refractivity contribution in [3.63, 3.8) is 0 Å². The van der Waals surface area contributed by atoms with Gasteiger partial charge in [-0.15, -0.1) is 0 Å². The van der Waals surface area contributed by atoms with E-state index in [4.69, 9.17) is 5.11 Å². The van der Waals surface area contributed by atoms with E-state index in [9.17, 15) is 0 Å². The largest absolute Gasteiger partial charge is 0.385 e. The summed E-state index contributed by atoms with van der Waals surface area (Å²) in [6.07, 6.45) is 0. The maximum atomic E-state index is 8.59. The normalized spacial score (nSPS) is 9.90. The molecule has 1 N–H and O–H groups in total. The molecule has 1 aromatic carbocycles. The second-order valence-electron chi connectivity index (χ2n) is 1.80. The number of halogens is 2. The summed E-state index contributed by atoms with van der Waals surface area (Å²) in [4.78, 5) is 0. The second kappa shape index (κ2) is 3.51. The summed E-state index contributed by atoms with van der Waals surface area (Å²) in [6, 6.07) is 5.51. The SMILES string of the molecule is O[CH]c1ccc(Br)c(Br)c1. The molecular weight excluding hydrogens is 260 g/mol. The van der Waals surface area contributed by atoms with Crippen molar-refractivity contribution < 1.29 is 5.11 Å². The third-order valence-corrected chi connectivity index (χ3v) is 2.97. The molecular formula is C7H5Br2O. The smallest absolute Gasteiger partial charge is 0.109 e. The van der Waals surface area contributed by atoms with Crippen molar-refractivity contribution in [3.8, 4) is 0 Å². The van der Waals surface area contributed by atoms with Crippen molar-refractivity contribution in [3.05, 3.63) is 39.3 Å². The van der Waals surface area contributed by atoms with Crippen LogP contribution in [0.1, 0.15) is 5.56 Å². The molecule has 1 radical (unpaired) electrons. The van der Waals surface area contributed by atoms with Gasteiger partial charge in [0, 0.05) is 8.95 Å². The molecule has 10 heavy (non-hydrogen) atoms. The van der Waals surface area contributed by atoms with E-state index in [1.54, 1.807) is 0 Å². The van der Waals surface area contributed by atoms with Gasteiger partial charge in [-0.1, -0.05) is 6.07 Å². The van der Waals surface area contributed by atoms with Crippen molar-refractivity contribution >= 4 is 31.9 Å². The summed E-state index contributed by atoms with van der Waals surface area (Å²) in [7, 11) is 0. The van der Waals surface area contributed by atoms with Gasteiger partial charge in [-0.25, -0.2) is 0 Å². The van der Waals surface area contributed by atoms with Gasteiger partial charge in [0.1, 0.15) is 6.61 Å². The molecule has 0 saturated carbocycles. The van der Waals surface area contributed by atoms with Gasteiger partial charge in [-0.05, 0) is 49.6 Å². The molecule has 53 valence electrons. The van der Waals surface area contributed by atoms with E-state index in [1.807, 2.05) is 18.2 Å². The highest BCUT2D eigenvalue weighted by atomic mass is 79.9. The van der Waals surface area contributed by atoms with Crippen molar-refractivity contribution in [1.82, 2.24) is 0 Å². The van der Waals surface area contributed by atoms with Crippen molar-refractivity contribution in [2.75, 3.05) is 0 Å². The lowest BCUT2D eigenvalue weighted by Crippen LogP contribution is -1.79. The van der Waals surface area contributed by atoms with E-state index in [0.29, 0.717) is 0 Å². The Kier molecular flexibility index (Phi) is 2.89. The van der Waals surface area contributed by atoms with Crippen LogP contribution in [-0.4, -0.2) is 5.11 Å². The van der Waals surface area contributed by atoms with Crippen LogP contribution in [0.4, 0.5) is 0 Å². The lowest BCUT2D eigenvalue weighted by molar-refractivity contribution is 0.415. The third kappa shape index (κ3) is 1.81. The molecule has 0 spiro atoms. The van der Waals surface area contributed by atoms with Gasteiger partial charge in [0.15, 0.2) is 0 Å². The Morgan fingerprint density at radius 3 is 2.40 bits per heavy atom. The zero-order chi connectivity index (χ0) is 7.56. The molecule has 0 atom stereocenters. The minimum atomic E-state index is 0.787. The maximum absolute atomic E-state index is 8.59. The number of aliphatic hydroxyl groups excluding tert-OH is 1. The highest BCUT2D eigenvalue weighted by molar-refractivity contribution is 9.13. The van der Waals surface area contributed by atoms with Crippen LogP contribution >= 0.6 is 31.9 Å². The summed E-state index contributed by atoms with van der Waals surface area (Å²) in [6.45, 7) is 1.07. The average molecular weight is 265 g/mol. The lowest BCUT2D eigenvalue weighted by atomic mass is 10.2. The maximum Gasteiger partial charge on any atom is 0.109 e. The average Bonchev–Trinajstić information content (AvgIpc) is 1.95. The number of rotatable bonds is 1. The fourth-order valence-electron chi connectivity index (χ4n) is 0.593. The second-order valence-corrected chi connectivity index (χ2v) is 3.51. The Labute approximate surface area is 76.3 Å². The van der Waals surface area contributed by atoms with E-state index in [1.165, 1.54) is 0 Å². The molecule has 0 aliphatic rings. The van der Waals surface area contributed by atoms with Crippen LogP contribution in [0.3, 0.4) is 0 Å². The monoisotopic (exact) mass is 263 g/mol. The molecule has 1 rings (SSSR count). The Bertz CT molecular complexity index is 235. The van der Waals surface area contributed by atoms with Crippen LogP contribution in [0.25, 0.3) is 0 Å². The molecule has 1 nitrogen and oxygen atoms in total. The lowest BCUT2D eigenvalue weighted by Gasteiger charge is -1.97. The molecule has 0 bridgehead atoms. The first kappa shape index (κ1) is 8.24. The first-order valence-electron chi connectivity index (χ1n) is 2.66. The van der Waals surface area contributed by atoms with Crippen LogP contribution in [0.2, 0.25) is 0 Å². The third-order valence-electron chi connectivity index (χ3n) is 1.09. The highest BCUT2D eigenvalue weighted by Gasteiger charge is 1.96. The summed E-state index contributed by atoms with van der Waals surface area (Å²) in [5.41, 5.74) is 0.787. The zero-order valence-electron chi connectivity index (χ0n) is 5.01. The summed E-state index contributed by atoms with van der Waals surface area (Å²) in [5.74, 6) is 0. The highest BCUT2D eigenvalue weighted by Crippen LogP contribution is 2.23. The molecule has 0 aromatic heterocycles. The van der Waals surface area contributed by atoms with Gasteiger partial charge in [0.25, 0.3) is 0 Å². The minimum absolute atomic E-state index is 0.787. The zero-order valence-corrected chi connectivity index (χ0v) is 8.18. The van der Waals surface area contributed by atoms with E-state index in [2.05, 4.69) is 31.9 Å². The van der Waals surface area contributed by atoms with Gasteiger partial charge in [0.05, 0.1) is 0 Å². The van der Waals surface area contributed by atoms with Gasteiger partial charge in [-0.3, -0.25) is 0 Å².